The third-order valence-corrected chi connectivity index (χ3v) is 10.3. The number of anilines is 2. The number of hydrogen-bond donors (Lipinski definition) is 1. The highest BCUT2D eigenvalue weighted by Gasteiger charge is 2.42. The quantitative estimate of drug-likeness (QED) is 0.144. The molecule has 0 atom stereocenters. The van der Waals surface area contributed by atoms with Crippen LogP contribution in [0.5, 0.6) is 0 Å². The van der Waals surface area contributed by atoms with E-state index in [0.717, 1.165) is 12.0 Å². The van der Waals surface area contributed by atoms with Crippen LogP contribution < -0.4 is 21.5 Å². The maximum absolute atomic E-state index is 5.75. The summed E-state index contributed by atoms with van der Waals surface area (Å²) in [6.45, 7) is 2.22. The standard InChI is InChI=1S/C47H36BN3/c1-2-7-32(24-27-49)33-12-16-35(17-13-33)38-20-22-46-42(30-38)40-8-3-5-10-44(40)48-45-11-6-4-9-41(45)43-31-39(21-23-47(43)51(46)48)36-18-14-34(15-19-36)37-25-28-50-29-26-37/h3-31H,2,49H2,1H3/b27-24-,32-7+. The van der Waals surface area contributed by atoms with Crippen molar-refractivity contribution in [3.8, 4) is 55.6 Å². The molecule has 2 aliphatic rings. The first-order chi connectivity index (χ1) is 25.2. The Morgan fingerprint density at radius 2 is 1.04 bits per heavy atom. The summed E-state index contributed by atoms with van der Waals surface area (Å²) in [4.78, 5) is 6.75. The lowest BCUT2D eigenvalue weighted by Gasteiger charge is -2.43. The summed E-state index contributed by atoms with van der Waals surface area (Å²) in [6.07, 6.45) is 10.4. The van der Waals surface area contributed by atoms with Crippen molar-refractivity contribution in [1.29, 1.82) is 0 Å². The summed E-state index contributed by atoms with van der Waals surface area (Å²) in [5.41, 5.74) is 25.4. The Kier molecular flexibility index (Phi) is 7.70. The molecule has 4 heteroatoms. The Bertz CT molecular complexity index is 2460. The fraction of sp³-hybridized carbons (Fsp3) is 0.0426. The van der Waals surface area contributed by atoms with Crippen LogP contribution in [-0.4, -0.2) is 11.8 Å². The van der Waals surface area contributed by atoms with Gasteiger partial charge in [0.25, 0.3) is 0 Å². The first-order valence-corrected chi connectivity index (χ1v) is 17.7. The maximum Gasteiger partial charge on any atom is 0.329 e. The number of rotatable bonds is 6. The predicted molar refractivity (Wildman–Crippen MR) is 217 cm³/mol. The largest absolute Gasteiger partial charge is 0.405 e. The van der Waals surface area contributed by atoms with Crippen molar-refractivity contribution in [3.05, 3.63) is 182 Å². The molecule has 0 saturated heterocycles. The van der Waals surface area contributed by atoms with Crippen LogP contribution in [0.3, 0.4) is 0 Å². The molecule has 0 fully saturated rings. The van der Waals surface area contributed by atoms with Crippen molar-refractivity contribution in [2.24, 2.45) is 5.73 Å². The molecular formula is C47H36BN3. The van der Waals surface area contributed by atoms with Gasteiger partial charge < -0.3 is 10.5 Å². The smallest absolute Gasteiger partial charge is 0.329 e. The Morgan fingerprint density at radius 1 is 0.569 bits per heavy atom. The van der Waals surface area contributed by atoms with Gasteiger partial charge in [-0.05, 0) is 122 Å². The third kappa shape index (κ3) is 5.28. The van der Waals surface area contributed by atoms with Crippen LogP contribution in [0.25, 0.3) is 61.2 Å². The summed E-state index contributed by atoms with van der Waals surface area (Å²) in [5, 5.41) is 0. The first-order valence-electron chi connectivity index (χ1n) is 17.7. The molecule has 3 nitrogen and oxygen atoms in total. The number of hydrogen-bond acceptors (Lipinski definition) is 3. The molecule has 0 amide bonds. The summed E-state index contributed by atoms with van der Waals surface area (Å²) >= 11 is 0. The van der Waals surface area contributed by atoms with E-state index in [1.54, 1.807) is 6.20 Å². The van der Waals surface area contributed by atoms with Gasteiger partial charge >= 0.3 is 6.85 Å². The normalized spacial score (nSPS) is 12.9. The van der Waals surface area contributed by atoms with Crippen LogP contribution in [0.1, 0.15) is 18.9 Å². The highest BCUT2D eigenvalue weighted by Crippen LogP contribution is 2.47. The molecule has 2 N–H and O–H groups in total. The SMILES string of the molecule is CC/C=C(\C=C/N)c1ccc(-c2ccc3c(c2)-c2ccccc2B2c4ccccc4-c4cc(-c5ccc(-c6ccncc6)cc5)ccc4N23)cc1. The van der Waals surface area contributed by atoms with Crippen LogP contribution in [0.4, 0.5) is 11.4 Å². The van der Waals surface area contributed by atoms with Gasteiger partial charge in [0.15, 0.2) is 0 Å². The van der Waals surface area contributed by atoms with Gasteiger partial charge in [-0.15, -0.1) is 0 Å². The highest BCUT2D eigenvalue weighted by atomic mass is 15.1. The van der Waals surface area contributed by atoms with Crippen LogP contribution in [-0.2, 0) is 0 Å². The van der Waals surface area contributed by atoms with Gasteiger partial charge in [0.2, 0.25) is 0 Å². The summed E-state index contributed by atoms with van der Waals surface area (Å²) in [6, 6.07) is 53.7. The minimum absolute atomic E-state index is 0.0763. The average molecular weight is 654 g/mol. The molecule has 0 bridgehead atoms. The molecule has 1 aromatic heterocycles. The molecule has 6 aromatic carbocycles. The number of nitrogens with zero attached hydrogens (tertiary/aromatic N) is 2. The molecule has 0 saturated carbocycles. The van der Waals surface area contributed by atoms with E-state index in [9.17, 15) is 0 Å². The average Bonchev–Trinajstić information content (AvgIpc) is 3.20. The molecule has 9 rings (SSSR count). The van der Waals surface area contributed by atoms with Crippen molar-refractivity contribution in [2.45, 2.75) is 13.3 Å². The van der Waals surface area contributed by atoms with Crippen molar-refractivity contribution in [2.75, 3.05) is 4.81 Å². The Balaban J connectivity index is 1.15. The zero-order chi connectivity index (χ0) is 34.3. The molecule has 0 radical (unpaired) electrons. The highest BCUT2D eigenvalue weighted by molar-refractivity contribution is 6.92. The zero-order valence-corrected chi connectivity index (χ0v) is 28.5. The van der Waals surface area contributed by atoms with E-state index < -0.39 is 0 Å². The van der Waals surface area contributed by atoms with Gasteiger partial charge in [-0.1, -0.05) is 122 Å². The van der Waals surface area contributed by atoms with Crippen molar-refractivity contribution < 1.29 is 0 Å². The summed E-state index contributed by atoms with van der Waals surface area (Å²) in [5.74, 6) is 0. The van der Waals surface area contributed by atoms with Crippen LogP contribution in [0.15, 0.2) is 176 Å². The number of benzene rings is 6. The van der Waals surface area contributed by atoms with Crippen LogP contribution in [0.2, 0.25) is 0 Å². The molecule has 0 aliphatic carbocycles. The van der Waals surface area contributed by atoms with Gasteiger partial charge in [-0.25, -0.2) is 0 Å². The topological polar surface area (TPSA) is 42.1 Å². The van der Waals surface area contributed by atoms with Crippen molar-refractivity contribution in [1.82, 2.24) is 4.98 Å². The monoisotopic (exact) mass is 653 g/mol. The van der Waals surface area contributed by atoms with E-state index in [2.05, 4.69) is 168 Å². The minimum atomic E-state index is 0.0763. The van der Waals surface area contributed by atoms with Gasteiger partial charge in [0, 0.05) is 34.9 Å². The van der Waals surface area contributed by atoms with Gasteiger partial charge in [0.05, 0.1) is 0 Å². The second-order valence-corrected chi connectivity index (χ2v) is 13.2. The van der Waals surface area contributed by atoms with Gasteiger partial charge in [0.1, 0.15) is 0 Å². The zero-order valence-electron chi connectivity index (χ0n) is 28.5. The van der Waals surface area contributed by atoms with E-state index in [0.29, 0.717) is 0 Å². The van der Waals surface area contributed by atoms with E-state index in [1.807, 2.05) is 18.5 Å². The Morgan fingerprint density at radius 3 is 1.57 bits per heavy atom. The predicted octanol–water partition coefficient (Wildman–Crippen LogP) is 10.3. The lowest BCUT2D eigenvalue weighted by atomic mass is 9.43. The second-order valence-electron chi connectivity index (χ2n) is 13.2. The van der Waals surface area contributed by atoms with Crippen molar-refractivity contribution >= 4 is 34.7 Å². The van der Waals surface area contributed by atoms with E-state index in [-0.39, 0.29) is 6.85 Å². The first kappa shape index (κ1) is 30.7. The molecule has 0 spiro atoms. The van der Waals surface area contributed by atoms with Crippen molar-refractivity contribution in [3.63, 3.8) is 0 Å². The Labute approximate surface area is 300 Å². The van der Waals surface area contributed by atoms with E-state index in [1.165, 1.54) is 83.5 Å². The maximum atomic E-state index is 5.75. The van der Waals surface area contributed by atoms with Gasteiger partial charge in [-0.2, -0.15) is 0 Å². The molecule has 7 aromatic rings. The lowest BCUT2D eigenvalue weighted by molar-refractivity contribution is 1.23. The van der Waals surface area contributed by atoms with E-state index >= 15 is 0 Å². The van der Waals surface area contributed by atoms with Crippen LogP contribution >= 0.6 is 0 Å². The molecule has 51 heavy (non-hydrogen) atoms. The molecule has 3 heterocycles. The fourth-order valence-electron chi connectivity index (χ4n) is 7.96. The number of allylic oxidation sites excluding steroid dienone is 3. The summed E-state index contributed by atoms with van der Waals surface area (Å²) < 4.78 is 0. The summed E-state index contributed by atoms with van der Waals surface area (Å²) in [7, 11) is 0. The number of nitrogens with two attached hydrogens (primary N) is 1. The number of aromatic nitrogens is 1. The Hall–Kier alpha value is -6.39. The molecular weight excluding hydrogens is 617 g/mol. The van der Waals surface area contributed by atoms with Gasteiger partial charge in [-0.3, -0.25) is 4.98 Å². The number of fused-ring (bicyclic) bond motifs is 11. The number of pyridine rings is 1. The lowest BCUT2D eigenvalue weighted by Crippen LogP contribution is -2.59. The van der Waals surface area contributed by atoms with Crippen LogP contribution in [0, 0.1) is 0 Å². The molecule has 0 unspecified atom stereocenters. The second kappa shape index (κ2) is 12.8. The molecule has 242 valence electrons. The fourth-order valence-corrected chi connectivity index (χ4v) is 7.96. The van der Waals surface area contributed by atoms with E-state index in [4.69, 9.17) is 5.73 Å². The molecule has 2 aliphatic heterocycles. The minimum Gasteiger partial charge on any atom is -0.405 e. The third-order valence-electron chi connectivity index (χ3n) is 10.3.